The Balaban J connectivity index is 1.65. The van der Waals surface area contributed by atoms with Gasteiger partial charge in [-0.25, -0.2) is 4.98 Å². The van der Waals surface area contributed by atoms with Crippen molar-refractivity contribution < 1.29 is 9.21 Å². The Labute approximate surface area is 150 Å². The second kappa shape index (κ2) is 7.14. The predicted molar refractivity (Wildman–Crippen MR) is 96.1 cm³/mol. The Morgan fingerprint density at radius 3 is 2.62 bits per heavy atom. The van der Waals surface area contributed by atoms with Gasteiger partial charge in [0.25, 0.3) is 5.91 Å². The molecular weight excluding hydrogens is 328 g/mol. The van der Waals surface area contributed by atoms with E-state index in [9.17, 15) is 4.79 Å². The standard InChI is InChI=1S/C20H16N4O2/c25-20(19-12-22-17-7-1-2-8-18(17)23-19)24(14-16-6-4-10-26-16)13-15-5-3-9-21-11-15/h1-12H,13-14H2. The molecule has 0 saturated carbocycles. The van der Waals surface area contributed by atoms with Crippen LogP contribution in [0.2, 0.25) is 0 Å². The minimum Gasteiger partial charge on any atom is -0.467 e. The molecule has 0 N–H and O–H groups in total. The number of carbonyl (C=O) groups is 1. The molecule has 4 aromatic rings. The number of para-hydroxylation sites is 2. The molecule has 128 valence electrons. The first kappa shape index (κ1) is 16.0. The monoisotopic (exact) mass is 344 g/mol. The summed E-state index contributed by atoms with van der Waals surface area (Å²) in [5.74, 6) is 0.500. The summed E-state index contributed by atoms with van der Waals surface area (Å²) in [6, 6.07) is 14.9. The number of furan rings is 1. The first-order valence-electron chi connectivity index (χ1n) is 8.22. The van der Waals surface area contributed by atoms with Crippen LogP contribution in [0.15, 0.2) is 77.8 Å². The number of pyridine rings is 1. The number of rotatable bonds is 5. The van der Waals surface area contributed by atoms with Gasteiger partial charge < -0.3 is 9.32 Å². The molecule has 0 aliphatic carbocycles. The first-order chi connectivity index (χ1) is 12.8. The Hall–Kier alpha value is -3.54. The van der Waals surface area contributed by atoms with Crippen LogP contribution in [0.5, 0.6) is 0 Å². The smallest absolute Gasteiger partial charge is 0.274 e. The molecule has 0 saturated heterocycles. The average molecular weight is 344 g/mol. The maximum absolute atomic E-state index is 13.1. The number of nitrogens with zero attached hydrogens (tertiary/aromatic N) is 4. The summed E-state index contributed by atoms with van der Waals surface area (Å²) in [6.07, 6.45) is 6.56. The van der Waals surface area contributed by atoms with Gasteiger partial charge in [-0.15, -0.1) is 0 Å². The van der Waals surface area contributed by atoms with Gasteiger partial charge in [-0.2, -0.15) is 0 Å². The summed E-state index contributed by atoms with van der Waals surface area (Å²) >= 11 is 0. The van der Waals surface area contributed by atoms with Crippen LogP contribution in [0.25, 0.3) is 11.0 Å². The quantitative estimate of drug-likeness (QED) is 0.554. The van der Waals surface area contributed by atoms with Gasteiger partial charge in [0.1, 0.15) is 11.5 Å². The van der Waals surface area contributed by atoms with Crippen LogP contribution < -0.4 is 0 Å². The van der Waals surface area contributed by atoms with Gasteiger partial charge in [0.05, 0.1) is 30.0 Å². The van der Waals surface area contributed by atoms with Crippen molar-refractivity contribution in [3.63, 3.8) is 0 Å². The third kappa shape index (κ3) is 3.44. The van der Waals surface area contributed by atoms with Gasteiger partial charge in [0, 0.05) is 18.9 Å². The minimum absolute atomic E-state index is 0.205. The van der Waals surface area contributed by atoms with Gasteiger partial charge in [0.15, 0.2) is 0 Å². The molecule has 1 aromatic carbocycles. The van der Waals surface area contributed by atoms with Gasteiger partial charge in [-0.3, -0.25) is 14.8 Å². The molecule has 0 bridgehead atoms. The highest BCUT2D eigenvalue weighted by atomic mass is 16.3. The van der Waals surface area contributed by atoms with E-state index in [1.807, 2.05) is 42.5 Å². The van der Waals surface area contributed by atoms with Crippen molar-refractivity contribution in [3.05, 3.63) is 90.4 Å². The summed E-state index contributed by atoms with van der Waals surface area (Å²) < 4.78 is 5.41. The molecule has 0 spiro atoms. The Morgan fingerprint density at radius 1 is 0.962 bits per heavy atom. The zero-order valence-electron chi connectivity index (χ0n) is 13.9. The minimum atomic E-state index is -0.205. The first-order valence-corrected chi connectivity index (χ1v) is 8.22. The highest BCUT2D eigenvalue weighted by molar-refractivity contribution is 5.93. The summed E-state index contributed by atoms with van der Waals surface area (Å²) in [7, 11) is 0. The van der Waals surface area contributed by atoms with Crippen LogP contribution >= 0.6 is 0 Å². The zero-order valence-corrected chi connectivity index (χ0v) is 13.9. The van der Waals surface area contributed by atoms with Gasteiger partial charge in [-0.05, 0) is 35.9 Å². The van der Waals surface area contributed by atoms with Crippen molar-refractivity contribution in [2.45, 2.75) is 13.1 Å². The number of benzene rings is 1. The molecule has 6 heteroatoms. The van der Waals surface area contributed by atoms with Gasteiger partial charge in [0.2, 0.25) is 0 Å². The van der Waals surface area contributed by atoms with E-state index >= 15 is 0 Å². The Kier molecular flexibility index (Phi) is 4.38. The fraction of sp³-hybridized carbons (Fsp3) is 0.100. The number of hydrogen-bond acceptors (Lipinski definition) is 5. The van der Waals surface area contributed by atoms with E-state index < -0.39 is 0 Å². The molecule has 0 aliphatic heterocycles. The van der Waals surface area contributed by atoms with E-state index in [0.717, 1.165) is 11.1 Å². The Bertz CT molecular complexity index is 1020. The molecule has 6 nitrogen and oxygen atoms in total. The average Bonchev–Trinajstić information content (AvgIpc) is 3.20. The number of aromatic nitrogens is 3. The van der Waals surface area contributed by atoms with Crippen molar-refractivity contribution in [1.29, 1.82) is 0 Å². The molecule has 0 unspecified atom stereocenters. The molecule has 3 heterocycles. The Morgan fingerprint density at radius 2 is 1.85 bits per heavy atom. The van der Waals surface area contributed by atoms with E-state index in [4.69, 9.17) is 4.42 Å². The fourth-order valence-corrected chi connectivity index (χ4v) is 2.72. The highest BCUT2D eigenvalue weighted by Gasteiger charge is 2.20. The molecule has 3 aromatic heterocycles. The molecule has 1 amide bonds. The van der Waals surface area contributed by atoms with Crippen LogP contribution in [-0.4, -0.2) is 25.8 Å². The normalized spacial score (nSPS) is 10.8. The summed E-state index contributed by atoms with van der Waals surface area (Å²) in [6.45, 7) is 0.747. The maximum Gasteiger partial charge on any atom is 0.274 e. The third-order valence-electron chi connectivity index (χ3n) is 3.98. The van der Waals surface area contributed by atoms with Crippen LogP contribution in [0, 0.1) is 0 Å². The number of hydrogen-bond donors (Lipinski definition) is 0. The summed E-state index contributed by atoms with van der Waals surface area (Å²) in [5.41, 5.74) is 2.69. The lowest BCUT2D eigenvalue weighted by molar-refractivity contribution is 0.0711. The lowest BCUT2D eigenvalue weighted by atomic mass is 10.2. The molecule has 0 fully saturated rings. The number of fused-ring (bicyclic) bond motifs is 1. The SMILES string of the molecule is O=C(c1cnc2ccccc2n1)N(Cc1cccnc1)Cc1ccco1. The topological polar surface area (TPSA) is 72.1 Å². The fourth-order valence-electron chi connectivity index (χ4n) is 2.72. The van der Waals surface area contributed by atoms with Crippen LogP contribution in [0.4, 0.5) is 0 Å². The molecule has 4 rings (SSSR count). The van der Waals surface area contributed by atoms with E-state index in [2.05, 4.69) is 15.0 Å². The molecule has 0 radical (unpaired) electrons. The largest absolute Gasteiger partial charge is 0.467 e. The highest BCUT2D eigenvalue weighted by Crippen LogP contribution is 2.15. The number of carbonyl (C=O) groups excluding carboxylic acids is 1. The van der Waals surface area contributed by atoms with Crippen molar-refractivity contribution in [1.82, 2.24) is 19.9 Å². The van der Waals surface area contributed by atoms with E-state index in [-0.39, 0.29) is 5.91 Å². The van der Waals surface area contributed by atoms with Crippen LogP contribution in [0.3, 0.4) is 0 Å². The zero-order chi connectivity index (χ0) is 17.8. The van der Waals surface area contributed by atoms with E-state index in [1.165, 1.54) is 6.20 Å². The molecule has 26 heavy (non-hydrogen) atoms. The second-order valence-corrected chi connectivity index (χ2v) is 5.85. The van der Waals surface area contributed by atoms with E-state index in [1.54, 1.807) is 29.6 Å². The van der Waals surface area contributed by atoms with Crippen molar-refractivity contribution in [2.24, 2.45) is 0 Å². The molecule has 0 atom stereocenters. The predicted octanol–water partition coefficient (Wildman–Crippen LogP) is 3.46. The lowest BCUT2D eigenvalue weighted by Gasteiger charge is -2.21. The lowest BCUT2D eigenvalue weighted by Crippen LogP contribution is -2.30. The van der Waals surface area contributed by atoms with Crippen molar-refractivity contribution in [2.75, 3.05) is 0 Å². The van der Waals surface area contributed by atoms with Crippen molar-refractivity contribution in [3.8, 4) is 0 Å². The van der Waals surface area contributed by atoms with E-state index in [0.29, 0.717) is 30.1 Å². The molecule has 0 aliphatic rings. The molecular formula is C20H16N4O2. The summed E-state index contributed by atoms with van der Waals surface area (Å²) in [4.78, 5) is 27.7. The van der Waals surface area contributed by atoms with Crippen LogP contribution in [0.1, 0.15) is 21.8 Å². The second-order valence-electron chi connectivity index (χ2n) is 5.85. The van der Waals surface area contributed by atoms with Gasteiger partial charge in [-0.1, -0.05) is 18.2 Å². The summed E-state index contributed by atoms with van der Waals surface area (Å²) in [5, 5.41) is 0. The third-order valence-corrected chi connectivity index (χ3v) is 3.98. The van der Waals surface area contributed by atoms with Gasteiger partial charge >= 0.3 is 0 Å². The number of amides is 1. The van der Waals surface area contributed by atoms with Crippen LogP contribution in [-0.2, 0) is 13.1 Å². The maximum atomic E-state index is 13.1. The van der Waals surface area contributed by atoms with Crippen molar-refractivity contribution >= 4 is 16.9 Å².